The first-order chi connectivity index (χ1) is 19.2. The standard InChI is InChI=1S/C30H37N3O5S2/c1-5-31-30(35)23(3)32(21-20-24-12-8-7-9-13-24)29(34)22-33(27-14-10-11-15-28(27)38-6-2)40(36,37)26-18-16-25(39-4)17-19-26/h7-19,23H,5-6,20-22H2,1-4H3,(H,31,35)/t23-/m1/s1. The van der Waals surface area contributed by atoms with E-state index in [1.807, 2.05) is 43.5 Å². The molecule has 0 aliphatic rings. The van der Waals surface area contributed by atoms with Crippen molar-refractivity contribution in [2.45, 2.75) is 43.0 Å². The van der Waals surface area contributed by atoms with E-state index >= 15 is 0 Å². The van der Waals surface area contributed by atoms with Gasteiger partial charge in [0.05, 0.1) is 17.2 Å². The van der Waals surface area contributed by atoms with E-state index in [9.17, 15) is 18.0 Å². The fourth-order valence-electron chi connectivity index (χ4n) is 4.22. The van der Waals surface area contributed by atoms with Gasteiger partial charge in [-0.1, -0.05) is 42.5 Å². The van der Waals surface area contributed by atoms with Crippen LogP contribution in [0.25, 0.3) is 0 Å². The summed E-state index contributed by atoms with van der Waals surface area (Å²) in [7, 11) is -4.18. The number of carbonyl (C=O) groups is 2. The van der Waals surface area contributed by atoms with E-state index < -0.39 is 28.5 Å². The van der Waals surface area contributed by atoms with Crippen LogP contribution in [-0.4, -0.2) is 63.7 Å². The average Bonchev–Trinajstić information content (AvgIpc) is 2.97. The van der Waals surface area contributed by atoms with Gasteiger partial charge >= 0.3 is 0 Å². The van der Waals surface area contributed by atoms with E-state index in [0.29, 0.717) is 25.3 Å². The molecule has 40 heavy (non-hydrogen) atoms. The summed E-state index contributed by atoms with van der Waals surface area (Å²) in [5.74, 6) is -0.458. The van der Waals surface area contributed by atoms with Gasteiger partial charge in [-0.05, 0) is 75.4 Å². The van der Waals surface area contributed by atoms with Crippen LogP contribution in [-0.2, 0) is 26.0 Å². The third-order valence-electron chi connectivity index (χ3n) is 6.36. The molecule has 2 amide bonds. The Morgan fingerprint density at radius 1 is 0.950 bits per heavy atom. The van der Waals surface area contributed by atoms with Crippen molar-refractivity contribution in [2.24, 2.45) is 0 Å². The van der Waals surface area contributed by atoms with Gasteiger partial charge in [-0.3, -0.25) is 13.9 Å². The number of carbonyl (C=O) groups excluding carboxylic acids is 2. The molecule has 0 aromatic heterocycles. The van der Waals surface area contributed by atoms with Crippen LogP contribution in [0.15, 0.2) is 88.7 Å². The molecule has 0 unspecified atom stereocenters. The monoisotopic (exact) mass is 583 g/mol. The molecule has 0 fully saturated rings. The Labute approximate surface area is 241 Å². The Hall–Kier alpha value is -3.50. The topological polar surface area (TPSA) is 96.0 Å². The molecule has 0 aliphatic heterocycles. The Kier molecular flexibility index (Phi) is 11.5. The van der Waals surface area contributed by atoms with Gasteiger partial charge < -0.3 is 15.0 Å². The smallest absolute Gasteiger partial charge is 0.264 e. The fourth-order valence-corrected chi connectivity index (χ4v) is 6.05. The summed E-state index contributed by atoms with van der Waals surface area (Å²) in [5, 5.41) is 2.77. The highest BCUT2D eigenvalue weighted by molar-refractivity contribution is 7.98. The normalized spacial score (nSPS) is 11.9. The van der Waals surface area contributed by atoms with Crippen molar-refractivity contribution < 1.29 is 22.7 Å². The van der Waals surface area contributed by atoms with Gasteiger partial charge in [0.15, 0.2) is 0 Å². The first-order valence-electron chi connectivity index (χ1n) is 13.2. The number of sulfonamides is 1. The van der Waals surface area contributed by atoms with E-state index in [0.717, 1.165) is 14.8 Å². The maximum atomic E-state index is 14.0. The highest BCUT2D eigenvalue weighted by Gasteiger charge is 2.33. The van der Waals surface area contributed by atoms with E-state index in [-0.39, 0.29) is 23.0 Å². The number of amides is 2. The zero-order chi connectivity index (χ0) is 29.1. The number of hydrogen-bond donors (Lipinski definition) is 1. The molecule has 214 valence electrons. The second kappa shape index (κ2) is 14.8. The van der Waals surface area contributed by atoms with Gasteiger partial charge in [0.25, 0.3) is 10.0 Å². The van der Waals surface area contributed by atoms with E-state index in [1.54, 1.807) is 50.2 Å². The number of para-hydroxylation sites is 2. The summed E-state index contributed by atoms with van der Waals surface area (Å²) in [6, 6.07) is 22.1. The summed E-state index contributed by atoms with van der Waals surface area (Å²) in [5.41, 5.74) is 1.25. The van der Waals surface area contributed by atoms with Gasteiger partial charge in [0.1, 0.15) is 18.3 Å². The van der Waals surface area contributed by atoms with Crippen molar-refractivity contribution in [3.8, 4) is 5.75 Å². The van der Waals surface area contributed by atoms with Gasteiger partial charge in [0.2, 0.25) is 11.8 Å². The number of hydrogen-bond acceptors (Lipinski definition) is 6. The van der Waals surface area contributed by atoms with Gasteiger partial charge in [0, 0.05) is 18.0 Å². The Balaban J connectivity index is 2.03. The summed E-state index contributed by atoms with van der Waals surface area (Å²) < 4.78 is 34.9. The average molecular weight is 584 g/mol. The molecular formula is C30H37N3O5S2. The van der Waals surface area contributed by atoms with Crippen LogP contribution in [0.1, 0.15) is 26.3 Å². The quantitative estimate of drug-likeness (QED) is 0.279. The zero-order valence-corrected chi connectivity index (χ0v) is 25.0. The summed E-state index contributed by atoms with van der Waals surface area (Å²) >= 11 is 1.50. The summed E-state index contributed by atoms with van der Waals surface area (Å²) in [6.07, 6.45) is 2.42. The first kappa shape index (κ1) is 31.0. The van der Waals surface area contributed by atoms with Crippen molar-refractivity contribution in [2.75, 3.05) is 36.8 Å². The molecule has 0 saturated heterocycles. The van der Waals surface area contributed by atoms with Crippen LogP contribution in [0, 0.1) is 0 Å². The maximum Gasteiger partial charge on any atom is 0.264 e. The number of anilines is 1. The minimum absolute atomic E-state index is 0.0528. The number of ether oxygens (including phenoxy) is 1. The van der Waals surface area contributed by atoms with Gasteiger partial charge in [-0.15, -0.1) is 11.8 Å². The summed E-state index contributed by atoms with van der Waals surface area (Å²) in [6.45, 7) is 5.74. The largest absolute Gasteiger partial charge is 0.492 e. The molecule has 0 aliphatic carbocycles. The molecule has 3 rings (SSSR count). The lowest BCUT2D eigenvalue weighted by molar-refractivity contribution is -0.138. The lowest BCUT2D eigenvalue weighted by atomic mass is 10.1. The molecule has 1 N–H and O–H groups in total. The van der Waals surface area contributed by atoms with Crippen LogP contribution < -0.4 is 14.4 Å². The third kappa shape index (κ3) is 7.79. The van der Waals surface area contributed by atoms with Crippen molar-refractivity contribution >= 4 is 39.3 Å². The SMILES string of the molecule is CCNC(=O)[C@@H](C)N(CCc1ccccc1)C(=O)CN(c1ccccc1OCC)S(=O)(=O)c1ccc(SC)cc1. The molecule has 3 aromatic carbocycles. The highest BCUT2D eigenvalue weighted by atomic mass is 32.2. The highest BCUT2D eigenvalue weighted by Crippen LogP contribution is 2.33. The van der Waals surface area contributed by atoms with Crippen LogP contribution in [0.3, 0.4) is 0 Å². The lowest BCUT2D eigenvalue weighted by Gasteiger charge is -2.32. The van der Waals surface area contributed by atoms with Crippen molar-refractivity contribution in [1.82, 2.24) is 10.2 Å². The number of benzene rings is 3. The zero-order valence-electron chi connectivity index (χ0n) is 23.4. The molecule has 1 atom stereocenters. The van der Waals surface area contributed by atoms with Crippen LogP contribution in [0.2, 0.25) is 0 Å². The minimum Gasteiger partial charge on any atom is -0.492 e. The number of rotatable bonds is 14. The second-order valence-corrected chi connectivity index (χ2v) is 11.7. The lowest BCUT2D eigenvalue weighted by Crippen LogP contribution is -2.52. The Morgan fingerprint density at radius 2 is 1.60 bits per heavy atom. The maximum absolute atomic E-state index is 14.0. The third-order valence-corrected chi connectivity index (χ3v) is 8.88. The molecule has 0 saturated carbocycles. The van der Waals surface area contributed by atoms with Crippen molar-refractivity contribution in [3.63, 3.8) is 0 Å². The fraction of sp³-hybridized carbons (Fsp3) is 0.333. The van der Waals surface area contributed by atoms with E-state index in [2.05, 4.69) is 5.32 Å². The van der Waals surface area contributed by atoms with Crippen LogP contribution >= 0.6 is 11.8 Å². The number of nitrogens with one attached hydrogen (secondary N) is 1. The number of likely N-dealkylation sites (N-methyl/N-ethyl adjacent to an activating group) is 1. The van der Waals surface area contributed by atoms with E-state index in [4.69, 9.17) is 4.74 Å². The Bertz CT molecular complexity index is 1370. The Morgan fingerprint density at radius 3 is 2.23 bits per heavy atom. The molecular weight excluding hydrogens is 546 g/mol. The van der Waals surface area contributed by atoms with Gasteiger partial charge in [-0.2, -0.15) is 0 Å². The number of nitrogens with zero attached hydrogens (tertiary/aromatic N) is 2. The molecule has 3 aromatic rings. The van der Waals surface area contributed by atoms with Crippen LogP contribution in [0.4, 0.5) is 5.69 Å². The number of thioether (sulfide) groups is 1. The van der Waals surface area contributed by atoms with Crippen molar-refractivity contribution in [3.05, 3.63) is 84.4 Å². The molecule has 0 radical (unpaired) electrons. The molecule has 10 heteroatoms. The van der Waals surface area contributed by atoms with Crippen molar-refractivity contribution in [1.29, 1.82) is 0 Å². The van der Waals surface area contributed by atoms with Crippen LogP contribution in [0.5, 0.6) is 5.75 Å². The molecule has 0 spiro atoms. The first-order valence-corrected chi connectivity index (χ1v) is 15.9. The molecule has 0 heterocycles. The van der Waals surface area contributed by atoms with E-state index in [1.165, 1.54) is 28.8 Å². The van der Waals surface area contributed by atoms with Gasteiger partial charge in [-0.25, -0.2) is 8.42 Å². The molecule has 0 bridgehead atoms. The predicted molar refractivity (Wildman–Crippen MR) is 160 cm³/mol. The minimum atomic E-state index is -4.18. The summed E-state index contributed by atoms with van der Waals surface area (Å²) in [4.78, 5) is 29.2. The predicted octanol–water partition coefficient (Wildman–Crippen LogP) is 4.60. The molecule has 8 nitrogen and oxygen atoms in total. The second-order valence-electron chi connectivity index (χ2n) is 8.98.